The molecular weight excluding hydrogens is 423 g/mol. The van der Waals surface area contributed by atoms with E-state index in [4.69, 9.17) is 5.73 Å². The smallest absolute Gasteiger partial charge is 0.193 e. The van der Waals surface area contributed by atoms with Crippen LogP contribution in [0.5, 0.6) is 0 Å². The van der Waals surface area contributed by atoms with Gasteiger partial charge in [-0.1, -0.05) is 32.0 Å². The molecular formula is C20H29IN4. The lowest BCUT2D eigenvalue weighted by atomic mass is 10.0. The summed E-state index contributed by atoms with van der Waals surface area (Å²) in [5.41, 5.74) is 11.9. The van der Waals surface area contributed by atoms with Crippen LogP contribution in [0.4, 0.5) is 11.4 Å². The molecule has 0 aliphatic carbocycles. The van der Waals surface area contributed by atoms with Crippen LogP contribution in [0.25, 0.3) is 0 Å². The molecule has 25 heavy (non-hydrogen) atoms. The van der Waals surface area contributed by atoms with Gasteiger partial charge in [0.25, 0.3) is 0 Å². The van der Waals surface area contributed by atoms with Crippen molar-refractivity contribution < 1.29 is 0 Å². The average molecular weight is 452 g/mol. The molecule has 2 aromatic carbocycles. The molecule has 0 atom stereocenters. The molecule has 0 aliphatic heterocycles. The van der Waals surface area contributed by atoms with Crippen molar-refractivity contribution in [3.05, 3.63) is 59.2 Å². The topological polar surface area (TPSA) is 53.6 Å². The van der Waals surface area contributed by atoms with Crippen LogP contribution in [-0.2, 0) is 6.54 Å². The van der Waals surface area contributed by atoms with Crippen LogP contribution in [0.1, 0.15) is 36.5 Å². The first-order valence-corrected chi connectivity index (χ1v) is 8.30. The monoisotopic (exact) mass is 452 g/mol. The molecule has 0 radical (unpaired) electrons. The summed E-state index contributed by atoms with van der Waals surface area (Å²) in [6.45, 7) is 7.03. The van der Waals surface area contributed by atoms with Crippen molar-refractivity contribution in [2.24, 2.45) is 10.7 Å². The Kier molecular flexibility index (Phi) is 8.22. The minimum Gasteiger partial charge on any atom is -0.378 e. The van der Waals surface area contributed by atoms with Crippen LogP contribution in [0.2, 0.25) is 0 Å². The van der Waals surface area contributed by atoms with E-state index in [1.165, 1.54) is 22.4 Å². The largest absolute Gasteiger partial charge is 0.378 e. The molecule has 136 valence electrons. The summed E-state index contributed by atoms with van der Waals surface area (Å²) in [5.74, 6) is 0.926. The lowest BCUT2D eigenvalue weighted by Gasteiger charge is -2.14. The Labute approximate surface area is 168 Å². The van der Waals surface area contributed by atoms with Gasteiger partial charge in [-0.3, -0.25) is 0 Å². The zero-order valence-corrected chi connectivity index (χ0v) is 18.0. The summed E-state index contributed by atoms with van der Waals surface area (Å²) in [5, 5.41) is 3.18. The van der Waals surface area contributed by atoms with Crippen molar-refractivity contribution in [2.45, 2.75) is 33.2 Å². The van der Waals surface area contributed by atoms with E-state index in [9.17, 15) is 0 Å². The third kappa shape index (κ3) is 6.23. The number of aryl methyl sites for hydroxylation is 1. The van der Waals surface area contributed by atoms with Crippen molar-refractivity contribution in [3.63, 3.8) is 0 Å². The lowest BCUT2D eigenvalue weighted by Crippen LogP contribution is -2.22. The standard InChI is InChI=1S/C20H28N4.HI/c1-14(2)16-7-6-8-18(12-16)23-20(21)22-13-17-9-10-19(24(4)5)11-15(17)3;/h6-12,14H,13H2,1-5H3,(H3,21,22,23);1H. The second kappa shape index (κ2) is 9.65. The maximum Gasteiger partial charge on any atom is 0.193 e. The molecule has 3 N–H and O–H groups in total. The summed E-state index contributed by atoms with van der Waals surface area (Å²) in [6.07, 6.45) is 0. The molecule has 0 saturated heterocycles. The van der Waals surface area contributed by atoms with E-state index in [-0.39, 0.29) is 24.0 Å². The van der Waals surface area contributed by atoms with Crippen molar-refractivity contribution in [1.82, 2.24) is 0 Å². The Morgan fingerprint density at radius 2 is 1.88 bits per heavy atom. The van der Waals surface area contributed by atoms with Gasteiger partial charge in [0.2, 0.25) is 0 Å². The number of nitrogens with one attached hydrogen (secondary N) is 1. The third-order valence-electron chi connectivity index (χ3n) is 4.09. The summed E-state index contributed by atoms with van der Waals surface area (Å²) in [6, 6.07) is 14.7. The maximum absolute atomic E-state index is 6.04. The second-order valence-corrected chi connectivity index (χ2v) is 6.61. The van der Waals surface area contributed by atoms with Gasteiger partial charge in [0.05, 0.1) is 6.54 Å². The molecule has 0 heterocycles. The molecule has 2 aromatic rings. The van der Waals surface area contributed by atoms with Gasteiger partial charge in [0.1, 0.15) is 0 Å². The number of benzene rings is 2. The van der Waals surface area contributed by atoms with Gasteiger partial charge in [-0.25, -0.2) is 4.99 Å². The van der Waals surface area contributed by atoms with Gasteiger partial charge in [0.15, 0.2) is 5.96 Å². The van der Waals surface area contributed by atoms with Crippen LogP contribution in [0, 0.1) is 6.92 Å². The van der Waals surface area contributed by atoms with E-state index in [0.29, 0.717) is 18.4 Å². The molecule has 0 bridgehead atoms. The number of guanidine groups is 1. The van der Waals surface area contributed by atoms with E-state index in [0.717, 1.165) is 5.69 Å². The van der Waals surface area contributed by atoms with Gasteiger partial charge in [-0.05, 0) is 53.8 Å². The number of halogens is 1. The number of hydrogen-bond donors (Lipinski definition) is 2. The van der Waals surface area contributed by atoms with Gasteiger partial charge >= 0.3 is 0 Å². The zero-order valence-electron chi connectivity index (χ0n) is 15.7. The number of rotatable bonds is 5. The molecule has 0 aromatic heterocycles. The molecule has 0 fully saturated rings. The zero-order chi connectivity index (χ0) is 17.7. The molecule has 0 unspecified atom stereocenters. The van der Waals surface area contributed by atoms with Crippen molar-refractivity contribution in [2.75, 3.05) is 24.3 Å². The van der Waals surface area contributed by atoms with Crippen LogP contribution in [0.15, 0.2) is 47.5 Å². The fourth-order valence-corrected chi connectivity index (χ4v) is 2.47. The Balaban J connectivity index is 0.00000312. The van der Waals surface area contributed by atoms with E-state index in [2.05, 4.69) is 66.3 Å². The first-order valence-electron chi connectivity index (χ1n) is 8.30. The van der Waals surface area contributed by atoms with Crippen molar-refractivity contribution in [1.29, 1.82) is 0 Å². The second-order valence-electron chi connectivity index (χ2n) is 6.61. The van der Waals surface area contributed by atoms with E-state index >= 15 is 0 Å². The number of anilines is 2. The average Bonchev–Trinajstić information content (AvgIpc) is 2.53. The molecule has 0 aliphatic rings. The van der Waals surface area contributed by atoms with E-state index in [1.807, 2.05) is 26.2 Å². The number of nitrogens with zero attached hydrogens (tertiary/aromatic N) is 2. The van der Waals surface area contributed by atoms with Crippen molar-refractivity contribution >= 4 is 41.3 Å². The van der Waals surface area contributed by atoms with E-state index in [1.54, 1.807) is 0 Å². The van der Waals surface area contributed by atoms with Crippen LogP contribution in [-0.4, -0.2) is 20.1 Å². The highest BCUT2D eigenvalue weighted by molar-refractivity contribution is 14.0. The predicted octanol–water partition coefficient (Wildman–Crippen LogP) is 4.73. The molecule has 0 spiro atoms. The molecule has 5 heteroatoms. The van der Waals surface area contributed by atoms with Crippen LogP contribution < -0.4 is 16.0 Å². The molecule has 0 amide bonds. The first-order chi connectivity index (χ1) is 11.4. The van der Waals surface area contributed by atoms with E-state index < -0.39 is 0 Å². The summed E-state index contributed by atoms with van der Waals surface area (Å²) in [4.78, 5) is 6.56. The number of nitrogens with two attached hydrogens (primary N) is 1. The minimum atomic E-state index is 0. The minimum absolute atomic E-state index is 0. The lowest BCUT2D eigenvalue weighted by molar-refractivity contribution is 0.867. The Hall–Kier alpha value is -1.76. The highest BCUT2D eigenvalue weighted by atomic mass is 127. The fourth-order valence-electron chi connectivity index (χ4n) is 2.47. The van der Waals surface area contributed by atoms with Crippen LogP contribution in [0.3, 0.4) is 0 Å². The fraction of sp³-hybridized carbons (Fsp3) is 0.350. The quantitative estimate of drug-likeness (QED) is 0.392. The summed E-state index contributed by atoms with van der Waals surface area (Å²) < 4.78 is 0. The Morgan fingerprint density at radius 1 is 1.16 bits per heavy atom. The summed E-state index contributed by atoms with van der Waals surface area (Å²) >= 11 is 0. The molecule has 2 rings (SSSR count). The van der Waals surface area contributed by atoms with Crippen LogP contribution >= 0.6 is 24.0 Å². The van der Waals surface area contributed by atoms with Crippen molar-refractivity contribution in [3.8, 4) is 0 Å². The molecule has 0 saturated carbocycles. The SMILES string of the molecule is Cc1cc(N(C)C)ccc1CN=C(N)Nc1cccc(C(C)C)c1.I. The van der Waals surface area contributed by atoms with Gasteiger partial charge in [-0.2, -0.15) is 0 Å². The molecule has 4 nitrogen and oxygen atoms in total. The highest BCUT2D eigenvalue weighted by Crippen LogP contribution is 2.19. The van der Waals surface area contributed by atoms with Gasteiger partial charge < -0.3 is 16.0 Å². The Bertz CT molecular complexity index is 723. The number of aliphatic imine (C=N–C) groups is 1. The summed E-state index contributed by atoms with van der Waals surface area (Å²) in [7, 11) is 4.08. The first kappa shape index (κ1) is 21.3. The van der Waals surface area contributed by atoms with Gasteiger partial charge in [-0.15, -0.1) is 24.0 Å². The van der Waals surface area contributed by atoms with Gasteiger partial charge in [0, 0.05) is 25.5 Å². The maximum atomic E-state index is 6.04. The third-order valence-corrected chi connectivity index (χ3v) is 4.09. The highest BCUT2D eigenvalue weighted by Gasteiger charge is 2.03. The Morgan fingerprint density at radius 3 is 2.48 bits per heavy atom. The predicted molar refractivity (Wildman–Crippen MR) is 120 cm³/mol. The number of hydrogen-bond acceptors (Lipinski definition) is 2. The normalized spacial score (nSPS) is 11.2.